The molecule has 1 aromatic carbocycles. The Bertz CT molecular complexity index is 870. The highest BCUT2D eigenvalue weighted by Crippen LogP contribution is 2.24. The zero-order valence-electron chi connectivity index (χ0n) is 13.5. The molecule has 0 bridgehead atoms. The van der Waals surface area contributed by atoms with Gasteiger partial charge in [-0.3, -0.25) is 9.97 Å². The van der Waals surface area contributed by atoms with Gasteiger partial charge in [-0.2, -0.15) is 0 Å². The van der Waals surface area contributed by atoms with Crippen LogP contribution in [0.2, 0.25) is 0 Å². The molecule has 24 heavy (non-hydrogen) atoms. The summed E-state index contributed by atoms with van der Waals surface area (Å²) in [6.07, 6.45) is 10.4. The normalized spacial score (nSPS) is 13.0. The van der Waals surface area contributed by atoms with Crippen LogP contribution in [0.1, 0.15) is 12.5 Å². The van der Waals surface area contributed by atoms with Gasteiger partial charge in [0.1, 0.15) is 0 Å². The number of allylic oxidation sites excluding steroid dienone is 4. The molecule has 6 nitrogen and oxygen atoms in total. The highest BCUT2D eigenvalue weighted by Gasteiger charge is 2.10. The summed E-state index contributed by atoms with van der Waals surface area (Å²) in [4.78, 5) is 12.7. The predicted octanol–water partition coefficient (Wildman–Crippen LogP) is 2.22. The third-order valence-corrected chi connectivity index (χ3v) is 3.19. The molecule has 0 aliphatic heterocycles. The van der Waals surface area contributed by atoms with E-state index in [4.69, 9.17) is 17.2 Å². The summed E-state index contributed by atoms with van der Waals surface area (Å²) >= 11 is 0. The number of fused-ring (bicyclic) bond motifs is 1. The van der Waals surface area contributed by atoms with Crippen molar-refractivity contribution in [3.05, 3.63) is 78.3 Å². The van der Waals surface area contributed by atoms with Crippen LogP contribution in [-0.4, -0.2) is 15.9 Å². The third-order valence-electron chi connectivity index (χ3n) is 3.19. The number of aromatic nitrogens is 2. The molecule has 1 aromatic heterocycles. The molecule has 0 aliphatic carbocycles. The van der Waals surface area contributed by atoms with Crippen molar-refractivity contribution >= 4 is 22.7 Å². The lowest BCUT2D eigenvalue weighted by molar-refractivity contribution is 1.26. The lowest BCUT2D eigenvalue weighted by Gasteiger charge is -2.10. The molecule has 6 heteroatoms. The van der Waals surface area contributed by atoms with E-state index in [9.17, 15) is 0 Å². The fourth-order valence-electron chi connectivity index (χ4n) is 2.20. The molecule has 2 rings (SSSR count). The fourth-order valence-corrected chi connectivity index (χ4v) is 2.20. The number of hydrogen-bond donors (Lipinski definition) is 3. The Kier molecular flexibility index (Phi) is 5.46. The lowest BCUT2D eigenvalue weighted by atomic mass is 10.0. The third kappa shape index (κ3) is 3.86. The summed E-state index contributed by atoms with van der Waals surface area (Å²) in [5, 5.41) is 0. The Labute approximate surface area is 140 Å². The molecule has 0 saturated carbocycles. The Morgan fingerprint density at radius 2 is 1.83 bits per heavy atom. The van der Waals surface area contributed by atoms with Crippen molar-refractivity contribution in [1.82, 2.24) is 9.97 Å². The quantitative estimate of drug-likeness (QED) is 0.444. The fraction of sp³-hybridized carbons (Fsp3) is 0.0556. The first-order valence-corrected chi connectivity index (χ1v) is 7.33. The van der Waals surface area contributed by atoms with Gasteiger partial charge in [0.2, 0.25) is 0 Å². The zero-order valence-corrected chi connectivity index (χ0v) is 13.5. The van der Waals surface area contributed by atoms with E-state index in [0.717, 1.165) is 22.2 Å². The topological polar surface area (TPSA) is 116 Å². The Hall–Kier alpha value is -3.41. The van der Waals surface area contributed by atoms with E-state index in [2.05, 4.69) is 21.5 Å². The van der Waals surface area contributed by atoms with Crippen LogP contribution in [0.15, 0.2) is 77.7 Å². The van der Waals surface area contributed by atoms with Crippen molar-refractivity contribution < 1.29 is 0 Å². The summed E-state index contributed by atoms with van der Waals surface area (Å²) in [5.74, 6) is -0.0759. The van der Waals surface area contributed by atoms with Gasteiger partial charge in [0.25, 0.3) is 0 Å². The maximum atomic E-state index is 6.34. The summed E-state index contributed by atoms with van der Waals surface area (Å²) in [6, 6.07) is 5.56. The number of rotatable bonds is 5. The van der Waals surface area contributed by atoms with Gasteiger partial charge in [-0.05, 0) is 19.1 Å². The Morgan fingerprint density at radius 3 is 2.46 bits per heavy atom. The minimum absolute atomic E-state index is 0.0759. The van der Waals surface area contributed by atoms with Crippen molar-refractivity contribution in [3.8, 4) is 0 Å². The SMILES string of the molecule is C=C/C=C(\C=C/C)C(/N=C(N)N)=C(/N)c1ccc2nccnc2c1. The van der Waals surface area contributed by atoms with Crippen LogP contribution in [0.3, 0.4) is 0 Å². The highest BCUT2D eigenvalue weighted by molar-refractivity contribution is 5.84. The minimum atomic E-state index is -0.0759. The smallest absolute Gasteiger partial charge is 0.191 e. The molecule has 6 N–H and O–H groups in total. The van der Waals surface area contributed by atoms with Crippen LogP contribution >= 0.6 is 0 Å². The standard InChI is InChI=1S/C18H20N6/c1-3-5-12(6-4-2)17(24-18(20)21)16(19)13-7-8-14-15(11-13)23-10-9-22-14/h3-11H,1,19H2,2H3,(H4,20,21,24)/b6-4-,12-5+,17-16-. The predicted molar refractivity (Wildman–Crippen MR) is 99.5 cm³/mol. The van der Waals surface area contributed by atoms with Crippen molar-refractivity contribution in [1.29, 1.82) is 0 Å². The Balaban J connectivity index is 2.68. The minimum Gasteiger partial charge on any atom is -0.396 e. The summed E-state index contributed by atoms with van der Waals surface area (Å²) in [5.41, 5.74) is 21.4. The first-order chi connectivity index (χ1) is 11.6. The number of guanidine groups is 1. The summed E-state index contributed by atoms with van der Waals surface area (Å²) in [7, 11) is 0. The van der Waals surface area contributed by atoms with Crippen LogP contribution in [0.25, 0.3) is 16.7 Å². The molecule has 0 unspecified atom stereocenters. The number of nitrogens with zero attached hydrogens (tertiary/aromatic N) is 3. The number of benzene rings is 1. The van der Waals surface area contributed by atoms with Crippen LogP contribution in [0.4, 0.5) is 0 Å². The van der Waals surface area contributed by atoms with Gasteiger partial charge in [0.05, 0.1) is 22.4 Å². The molecule has 0 fully saturated rings. The van der Waals surface area contributed by atoms with Crippen molar-refractivity contribution in [2.45, 2.75) is 6.92 Å². The first kappa shape index (κ1) is 17.0. The Morgan fingerprint density at radius 1 is 1.12 bits per heavy atom. The van der Waals surface area contributed by atoms with Crippen molar-refractivity contribution in [2.24, 2.45) is 22.2 Å². The van der Waals surface area contributed by atoms with Gasteiger partial charge in [0.15, 0.2) is 5.96 Å². The van der Waals surface area contributed by atoms with Crippen molar-refractivity contribution in [2.75, 3.05) is 0 Å². The number of nitrogens with two attached hydrogens (primary N) is 3. The summed E-state index contributed by atoms with van der Waals surface area (Å²) < 4.78 is 0. The van der Waals surface area contributed by atoms with Crippen LogP contribution in [-0.2, 0) is 0 Å². The lowest BCUT2D eigenvalue weighted by Crippen LogP contribution is -2.23. The maximum Gasteiger partial charge on any atom is 0.191 e. The molecular weight excluding hydrogens is 300 g/mol. The highest BCUT2D eigenvalue weighted by atomic mass is 15.0. The molecule has 122 valence electrons. The van der Waals surface area contributed by atoms with Gasteiger partial charge < -0.3 is 17.2 Å². The van der Waals surface area contributed by atoms with Gasteiger partial charge in [0, 0.05) is 23.5 Å². The molecule has 1 heterocycles. The van der Waals surface area contributed by atoms with Crippen LogP contribution < -0.4 is 17.2 Å². The van der Waals surface area contributed by atoms with E-state index < -0.39 is 0 Å². The van der Waals surface area contributed by atoms with Gasteiger partial charge in [-0.15, -0.1) is 0 Å². The molecule has 0 atom stereocenters. The van der Waals surface area contributed by atoms with Crippen LogP contribution in [0, 0.1) is 0 Å². The van der Waals surface area contributed by atoms with Crippen molar-refractivity contribution in [3.63, 3.8) is 0 Å². The van der Waals surface area contributed by atoms with E-state index in [1.54, 1.807) is 24.5 Å². The van der Waals surface area contributed by atoms with E-state index in [1.807, 2.05) is 37.3 Å². The number of hydrogen-bond acceptors (Lipinski definition) is 4. The molecule has 0 amide bonds. The average molecular weight is 320 g/mol. The second kappa shape index (κ2) is 7.73. The first-order valence-electron chi connectivity index (χ1n) is 7.33. The van der Waals surface area contributed by atoms with E-state index in [0.29, 0.717) is 11.4 Å². The molecule has 0 radical (unpaired) electrons. The molecule has 0 saturated heterocycles. The molecule has 0 spiro atoms. The largest absolute Gasteiger partial charge is 0.396 e. The molecular formula is C18H20N6. The number of aliphatic imine (C=N–C) groups is 1. The second-order valence-corrected chi connectivity index (χ2v) is 4.92. The molecule has 2 aromatic rings. The average Bonchev–Trinajstić information content (AvgIpc) is 2.58. The van der Waals surface area contributed by atoms with Gasteiger partial charge >= 0.3 is 0 Å². The van der Waals surface area contributed by atoms with E-state index in [1.165, 1.54) is 0 Å². The second-order valence-electron chi connectivity index (χ2n) is 4.92. The summed E-state index contributed by atoms with van der Waals surface area (Å²) in [6.45, 7) is 5.61. The van der Waals surface area contributed by atoms with Gasteiger partial charge in [-0.25, -0.2) is 4.99 Å². The van der Waals surface area contributed by atoms with E-state index >= 15 is 0 Å². The van der Waals surface area contributed by atoms with E-state index in [-0.39, 0.29) is 5.96 Å². The van der Waals surface area contributed by atoms with Gasteiger partial charge in [-0.1, -0.05) is 36.9 Å². The maximum absolute atomic E-state index is 6.34. The molecule has 0 aliphatic rings. The van der Waals surface area contributed by atoms with Crippen LogP contribution in [0.5, 0.6) is 0 Å². The monoisotopic (exact) mass is 320 g/mol. The zero-order chi connectivity index (χ0) is 17.5.